The van der Waals surface area contributed by atoms with Gasteiger partial charge in [0.2, 0.25) is 11.7 Å². The Kier molecular flexibility index (Phi) is 5.10. The summed E-state index contributed by atoms with van der Waals surface area (Å²) in [6.07, 6.45) is -2.08. The Hall–Kier alpha value is -3.42. The van der Waals surface area contributed by atoms with Crippen LogP contribution in [-0.2, 0) is 19.1 Å². The third-order valence-corrected chi connectivity index (χ3v) is 2.87. The maximum absolute atomic E-state index is 12.2. The van der Waals surface area contributed by atoms with Crippen molar-refractivity contribution >= 4 is 23.7 Å². The van der Waals surface area contributed by atoms with Crippen LogP contribution in [0.4, 0.5) is 0 Å². The van der Waals surface area contributed by atoms with E-state index < -0.39 is 24.0 Å². The second-order valence-corrected chi connectivity index (χ2v) is 4.68. The van der Waals surface area contributed by atoms with E-state index in [1.165, 1.54) is 12.1 Å². The number of H-pyrrole nitrogens is 1. The van der Waals surface area contributed by atoms with Gasteiger partial charge in [0.05, 0.1) is 5.69 Å². The Balaban J connectivity index is 2.10. The Morgan fingerprint density at radius 2 is 1.71 bits per heavy atom. The lowest BCUT2D eigenvalue weighted by atomic mass is 10.1. The third-order valence-electron chi connectivity index (χ3n) is 2.87. The SMILES string of the molecule is CC(=O)OC(C(=O)O)C(=O)Oc1ccc(C(=O)c2ccccc2)[nH]1. The number of carbonyl (C=O) groups excluding carboxylic acids is 3. The highest BCUT2D eigenvalue weighted by Gasteiger charge is 2.32. The molecule has 1 unspecified atom stereocenters. The van der Waals surface area contributed by atoms with E-state index in [9.17, 15) is 19.2 Å². The van der Waals surface area contributed by atoms with E-state index in [1.54, 1.807) is 30.3 Å². The van der Waals surface area contributed by atoms with Crippen LogP contribution >= 0.6 is 0 Å². The predicted octanol–water partition coefficient (Wildman–Crippen LogP) is 1.17. The molecule has 0 radical (unpaired) electrons. The van der Waals surface area contributed by atoms with Gasteiger partial charge in [0.1, 0.15) is 0 Å². The summed E-state index contributed by atoms with van der Waals surface area (Å²) in [7, 11) is 0. The van der Waals surface area contributed by atoms with Crippen molar-refractivity contribution < 1.29 is 33.8 Å². The average Bonchev–Trinajstić information content (AvgIpc) is 3.00. The fourth-order valence-corrected chi connectivity index (χ4v) is 1.84. The highest BCUT2D eigenvalue weighted by Crippen LogP contribution is 2.15. The van der Waals surface area contributed by atoms with Gasteiger partial charge in [0.25, 0.3) is 6.10 Å². The van der Waals surface area contributed by atoms with Crippen LogP contribution in [-0.4, -0.2) is 39.9 Å². The number of aromatic nitrogens is 1. The van der Waals surface area contributed by atoms with Gasteiger partial charge in [-0.05, 0) is 6.07 Å². The monoisotopic (exact) mass is 331 g/mol. The van der Waals surface area contributed by atoms with E-state index in [1.807, 2.05) is 0 Å². The van der Waals surface area contributed by atoms with Gasteiger partial charge in [-0.15, -0.1) is 0 Å². The largest absolute Gasteiger partial charge is 0.478 e. The van der Waals surface area contributed by atoms with E-state index in [0.29, 0.717) is 5.56 Å². The molecule has 0 bridgehead atoms. The highest BCUT2D eigenvalue weighted by atomic mass is 16.6. The fourth-order valence-electron chi connectivity index (χ4n) is 1.84. The van der Waals surface area contributed by atoms with Gasteiger partial charge >= 0.3 is 17.9 Å². The first-order valence-corrected chi connectivity index (χ1v) is 6.79. The summed E-state index contributed by atoms with van der Waals surface area (Å²) in [5.74, 6) is -4.36. The molecule has 0 aliphatic heterocycles. The second kappa shape index (κ2) is 7.23. The van der Waals surface area contributed by atoms with Gasteiger partial charge in [0, 0.05) is 18.6 Å². The summed E-state index contributed by atoms with van der Waals surface area (Å²) in [4.78, 5) is 48.3. The molecule has 0 aliphatic carbocycles. The van der Waals surface area contributed by atoms with E-state index >= 15 is 0 Å². The van der Waals surface area contributed by atoms with Crippen LogP contribution in [0.2, 0.25) is 0 Å². The summed E-state index contributed by atoms with van der Waals surface area (Å²) < 4.78 is 9.18. The molecule has 1 atom stereocenters. The van der Waals surface area contributed by atoms with E-state index in [-0.39, 0.29) is 17.4 Å². The first-order valence-electron chi connectivity index (χ1n) is 6.79. The van der Waals surface area contributed by atoms with Crippen LogP contribution in [0.3, 0.4) is 0 Å². The summed E-state index contributed by atoms with van der Waals surface area (Å²) in [6.45, 7) is 0.967. The van der Waals surface area contributed by atoms with Crippen molar-refractivity contribution in [1.29, 1.82) is 0 Å². The maximum Gasteiger partial charge on any atom is 0.366 e. The molecule has 1 aromatic heterocycles. The topological polar surface area (TPSA) is 123 Å². The number of carboxylic acids is 1. The van der Waals surface area contributed by atoms with Crippen LogP contribution in [0.25, 0.3) is 0 Å². The van der Waals surface area contributed by atoms with Crippen LogP contribution < -0.4 is 4.74 Å². The summed E-state index contributed by atoms with van der Waals surface area (Å²) in [6, 6.07) is 11.1. The standard InChI is InChI=1S/C16H13NO7/c1-9(18)23-14(15(20)21)16(22)24-12-8-7-11(17-12)13(19)10-5-3-2-4-6-10/h2-8,14,17H,1H3,(H,20,21). The lowest BCUT2D eigenvalue weighted by molar-refractivity contribution is -0.172. The second-order valence-electron chi connectivity index (χ2n) is 4.68. The number of hydrogen-bond acceptors (Lipinski definition) is 6. The number of carbonyl (C=O) groups is 4. The molecule has 8 heteroatoms. The van der Waals surface area contributed by atoms with Crippen molar-refractivity contribution in [3.8, 4) is 5.88 Å². The quantitative estimate of drug-likeness (QED) is 0.462. The molecule has 8 nitrogen and oxygen atoms in total. The molecular formula is C16H13NO7. The molecule has 0 fully saturated rings. The van der Waals surface area contributed by atoms with Crippen LogP contribution in [0.15, 0.2) is 42.5 Å². The minimum absolute atomic E-state index is 0.141. The molecule has 24 heavy (non-hydrogen) atoms. The van der Waals surface area contributed by atoms with Gasteiger partial charge in [-0.2, -0.15) is 0 Å². The van der Waals surface area contributed by atoms with Gasteiger partial charge in [-0.25, -0.2) is 9.59 Å². The molecule has 124 valence electrons. The Morgan fingerprint density at radius 1 is 1.04 bits per heavy atom. The minimum Gasteiger partial charge on any atom is -0.478 e. The minimum atomic E-state index is -2.08. The molecule has 1 heterocycles. The third kappa shape index (κ3) is 4.07. The summed E-state index contributed by atoms with van der Waals surface area (Å²) >= 11 is 0. The number of esters is 2. The smallest absolute Gasteiger partial charge is 0.366 e. The molecular weight excluding hydrogens is 318 g/mol. The highest BCUT2D eigenvalue weighted by molar-refractivity contribution is 6.08. The zero-order valence-corrected chi connectivity index (χ0v) is 12.5. The molecule has 1 aromatic carbocycles. The molecule has 2 aromatic rings. The van der Waals surface area contributed by atoms with E-state index in [4.69, 9.17) is 9.84 Å². The van der Waals surface area contributed by atoms with Gasteiger partial charge < -0.3 is 19.6 Å². The fraction of sp³-hybridized carbons (Fsp3) is 0.125. The Bertz CT molecular complexity index is 779. The van der Waals surface area contributed by atoms with Crippen molar-refractivity contribution in [3.63, 3.8) is 0 Å². The van der Waals surface area contributed by atoms with E-state index in [2.05, 4.69) is 9.72 Å². The normalized spacial score (nSPS) is 11.4. The number of ketones is 1. The number of hydrogen-bond donors (Lipinski definition) is 2. The van der Waals surface area contributed by atoms with Crippen molar-refractivity contribution in [3.05, 3.63) is 53.7 Å². The first kappa shape index (κ1) is 16.9. The number of carboxylic acid groups (broad SMARTS) is 1. The first-order chi connectivity index (χ1) is 11.4. The number of aliphatic carboxylic acids is 1. The molecule has 0 saturated heterocycles. The van der Waals surface area contributed by atoms with Crippen molar-refractivity contribution in [1.82, 2.24) is 4.98 Å². The summed E-state index contributed by atoms with van der Waals surface area (Å²) in [5.41, 5.74) is 0.587. The zero-order valence-electron chi connectivity index (χ0n) is 12.5. The van der Waals surface area contributed by atoms with Crippen LogP contribution in [0.1, 0.15) is 23.0 Å². The molecule has 0 spiro atoms. The van der Waals surface area contributed by atoms with Gasteiger partial charge in [-0.3, -0.25) is 9.59 Å². The number of aromatic amines is 1. The lowest BCUT2D eigenvalue weighted by Crippen LogP contribution is -2.37. The maximum atomic E-state index is 12.2. The lowest BCUT2D eigenvalue weighted by Gasteiger charge is -2.10. The van der Waals surface area contributed by atoms with Gasteiger partial charge in [0.15, 0.2) is 0 Å². The predicted molar refractivity (Wildman–Crippen MR) is 79.5 cm³/mol. The van der Waals surface area contributed by atoms with Crippen LogP contribution in [0.5, 0.6) is 5.88 Å². The average molecular weight is 331 g/mol. The molecule has 2 N–H and O–H groups in total. The summed E-state index contributed by atoms with van der Waals surface area (Å²) in [5, 5.41) is 8.87. The molecule has 2 rings (SSSR count). The van der Waals surface area contributed by atoms with Crippen LogP contribution in [0, 0.1) is 0 Å². The zero-order chi connectivity index (χ0) is 17.7. The molecule has 0 aliphatic rings. The van der Waals surface area contributed by atoms with Crippen molar-refractivity contribution in [2.75, 3.05) is 0 Å². The van der Waals surface area contributed by atoms with Crippen molar-refractivity contribution in [2.45, 2.75) is 13.0 Å². The number of nitrogens with one attached hydrogen (secondary N) is 1. The number of rotatable bonds is 6. The van der Waals surface area contributed by atoms with E-state index in [0.717, 1.165) is 6.92 Å². The van der Waals surface area contributed by atoms with Gasteiger partial charge in [-0.1, -0.05) is 30.3 Å². The molecule has 0 amide bonds. The molecule has 0 saturated carbocycles. The Labute approximate surface area is 136 Å². The van der Waals surface area contributed by atoms with Crippen molar-refractivity contribution in [2.24, 2.45) is 0 Å². The number of ether oxygens (including phenoxy) is 2. The Morgan fingerprint density at radius 3 is 2.29 bits per heavy atom. The number of benzene rings is 1.